The van der Waals surface area contributed by atoms with E-state index < -0.39 is 11.4 Å². The van der Waals surface area contributed by atoms with Gasteiger partial charge in [-0.05, 0) is 37.5 Å². The largest absolute Gasteiger partial charge is 0.331 e. The highest BCUT2D eigenvalue weighted by Gasteiger charge is 2.59. The van der Waals surface area contributed by atoms with Gasteiger partial charge in [-0.1, -0.05) is 20.3 Å². The average molecular weight is 264 g/mol. The highest BCUT2D eigenvalue weighted by atomic mass is 16.2. The second kappa shape index (κ2) is 3.81. The predicted molar refractivity (Wildman–Crippen MR) is 68.1 cm³/mol. The van der Waals surface area contributed by atoms with Crippen LogP contribution in [0.25, 0.3) is 0 Å². The van der Waals surface area contributed by atoms with E-state index >= 15 is 0 Å². The molecule has 0 radical (unpaired) electrons. The summed E-state index contributed by atoms with van der Waals surface area (Å²) < 4.78 is 0. The van der Waals surface area contributed by atoms with Gasteiger partial charge >= 0.3 is 6.03 Å². The molecule has 19 heavy (non-hydrogen) atoms. The summed E-state index contributed by atoms with van der Waals surface area (Å²) in [6, 6.07) is -0.566. The Balaban J connectivity index is 1.87. The van der Waals surface area contributed by atoms with Gasteiger partial charge in [0.25, 0.3) is 0 Å². The average Bonchev–Trinajstić information content (AvgIpc) is 2.55. The number of imide groups is 2. The van der Waals surface area contributed by atoms with E-state index in [-0.39, 0.29) is 23.3 Å². The fourth-order valence-electron chi connectivity index (χ4n) is 3.62. The molecule has 5 nitrogen and oxygen atoms in total. The number of rotatable bonds is 1. The van der Waals surface area contributed by atoms with Gasteiger partial charge < -0.3 is 0 Å². The van der Waals surface area contributed by atoms with Crippen molar-refractivity contribution < 1.29 is 14.4 Å². The van der Waals surface area contributed by atoms with Crippen LogP contribution in [-0.4, -0.2) is 28.8 Å². The van der Waals surface area contributed by atoms with Crippen LogP contribution in [0.2, 0.25) is 0 Å². The van der Waals surface area contributed by atoms with E-state index in [4.69, 9.17) is 0 Å². The minimum Gasteiger partial charge on any atom is -0.277 e. The first-order chi connectivity index (χ1) is 8.86. The van der Waals surface area contributed by atoms with E-state index in [0.717, 1.165) is 25.7 Å². The summed E-state index contributed by atoms with van der Waals surface area (Å²) in [6.45, 7) is 4.31. The Hall–Kier alpha value is -1.39. The van der Waals surface area contributed by atoms with Crippen molar-refractivity contribution in [2.75, 3.05) is 0 Å². The van der Waals surface area contributed by atoms with E-state index in [1.807, 2.05) is 0 Å². The molecule has 1 heterocycles. The molecule has 3 aliphatic rings. The molecule has 1 unspecified atom stereocenters. The molecule has 4 amide bonds. The Morgan fingerprint density at radius 2 is 1.84 bits per heavy atom. The van der Waals surface area contributed by atoms with Crippen molar-refractivity contribution in [3.63, 3.8) is 0 Å². The quantitative estimate of drug-likeness (QED) is 0.734. The minimum atomic E-state index is -0.930. The summed E-state index contributed by atoms with van der Waals surface area (Å²) in [5.41, 5.74) is -0.764. The zero-order chi connectivity index (χ0) is 13.8. The highest BCUT2D eigenvalue weighted by Crippen LogP contribution is 2.47. The number of hydrogen-bond acceptors (Lipinski definition) is 3. The second-order valence-corrected chi connectivity index (χ2v) is 6.93. The molecule has 2 saturated carbocycles. The molecule has 0 aromatic carbocycles. The minimum absolute atomic E-state index is 0.0481. The lowest BCUT2D eigenvalue weighted by Gasteiger charge is -2.46. The van der Waals surface area contributed by atoms with Crippen LogP contribution in [0.1, 0.15) is 52.4 Å². The lowest BCUT2D eigenvalue weighted by Crippen LogP contribution is -2.67. The molecular formula is C14H20N2O3. The Labute approximate surface area is 112 Å². The number of hydrogen-bond donors (Lipinski definition) is 1. The van der Waals surface area contributed by atoms with Crippen molar-refractivity contribution in [3.8, 4) is 0 Å². The van der Waals surface area contributed by atoms with Crippen molar-refractivity contribution in [3.05, 3.63) is 0 Å². The normalized spacial score (nSPS) is 32.4. The second-order valence-electron chi connectivity index (χ2n) is 6.93. The molecule has 1 aliphatic heterocycles. The third kappa shape index (κ3) is 1.70. The number of nitrogens with zero attached hydrogens (tertiary/aromatic N) is 1. The van der Waals surface area contributed by atoms with Gasteiger partial charge in [-0.25, -0.2) is 4.79 Å². The molecule has 3 fully saturated rings. The van der Waals surface area contributed by atoms with Crippen LogP contribution in [0, 0.1) is 10.8 Å². The zero-order valence-corrected chi connectivity index (χ0v) is 11.5. The predicted octanol–water partition coefficient (Wildman–Crippen LogP) is 1.81. The number of barbiturate groups is 1. The standard InChI is InChI=1S/C14H20N2O3/c1-13(2)7-4-9(8-13)16-11(18)14(5-3-6-14)10(17)15-12(16)19/h9H,3-8H2,1-2H3,(H,15,17,19). The van der Waals surface area contributed by atoms with Crippen molar-refractivity contribution in [1.82, 2.24) is 10.2 Å². The first kappa shape index (κ1) is 12.6. The van der Waals surface area contributed by atoms with Crippen LogP contribution in [0.5, 0.6) is 0 Å². The Bertz CT molecular complexity index is 465. The summed E-state index contributed by atoms with van der Waals surface area (Å²) in [5.74, 6) is -0.641. The van der Waals surface area contributed by atoms with Crippen molar-refractivity contribution in [1.29, 1.82) is 0 Å². The SMILES string of the molecule is CC1(C)CCC(N2C(=O)NC(=O)C3(CCC3)C2=O)C1. The fourth-order valence-corrected chi connectivity index (χ4v) is 3.62. The van der Waals surface area contributed by atoms with Crippen LogP contribution in [-0.2, 0) is 9.59 Å². The van der Waals surface area contributed by atoms with Gasteiger partial charge in [-0.3, -0.25) is 19.8 Å². The van der Waals surface area contributed by atoms with Gasteiger partial charge in [0, 0.05) is 6.04 Å². The van der Waals surface area contributed by atoms with Crippen molar-refractivity contribution >= 4 is 17.8 Å². The maximum Gasteiger partial charge on any atom is 0.331 e. The van der Waals surface area contributed by atoms with Gasteiger partial charge in [-0.15, -0.1) is 0 Å². The lowest BCUT2D eigenvalue weighted by molar-refractivity contribution is -0.159. The number of carbonyl (C=O) groups excluding carboxylic acids is 3. The van der Waals surface area contributed by atoms with Crippen LogP contribution >= 0.6 is 0 Å². The van der Waals surface area contributed by atoms with Gasteiger partial charge in [0.15, 0.2) is 0 Å². The molecular weight excluding hydrogens is 244 g/mol. The highest BCUT2D eigenvalue weighted by molar-refractivity contribution is 6.19. The molecule has 5 heteroatoms. The lowest BCUT2D eigenvalue weighted by atomic mass is 9.66. The molecule has 3 rings (SSSR count). The zero-order valence-electron chi connectivity index (χ0n) is 11.5. The number of carbonyl (C=O) groups is 3. The van der Waals surface area contributed by atoms with Crippen molar-refractivity contribution in [2.24, 2.45) is 10.8 Å². The van der Waals surface area contributed by atoms with Gasteiger partial charge in [0.1, 0.15) is 5.41 Å². The molecule has 1 saturated heterocycles. The maximum atomic E-state index is 12.6. The Kier molecular flexibility index (Phi) is 2.53. The first-order valence-electron chi connectivity index (χ1n) is 7.05. The molecule has 0 bridgehead atoms. The van der Waals surface area contributed by atoms with Crippen LogP contribution in [0.15, 0.2) is 0 Å². The van der Waals surface area contributed by atoms with Crippen LogP contribution in [0.4, 0.5) is 4.79 Å². The summed E-state index contributed by atoms with van der Waals surface area (Å²) in [7, 11) is 0. The summed E-state index contributed by atoms with van der Waals surface area (Å²) in [6.07, 6.45) is 4.73. The molecule has 104 valence electrons. The molecule has 1 spiro atoms. The van der Waals surface area contributed by atoms with Crippen molar-refractivity contribution in [2.45, 2.75) is 58.4 Å². The molecule has 2 aliphatic carbocycles. The molecule has 1 atom stereocenters. The Morgan fingerprint density at radius 3 is 2.32 bits per heavy atom. The third-order valence-corrected chi connectivity index (χ3v) is 5.02. The number of amides is 4. The van der Waals surface area contributed by atoms with E-state index in [0.29, 0.717) is 12.8 Å². The van der Waals surface area contributed by atoms with Gasteiger partial charge in [0.2, 0.25) is 11.8 Å². The smallest absolute Gasteiger partial charge is 0.277 e. The maximum absolute atomic E-state index is 12.6. The fraction of sp³-hybridized carbons (Fsp3) is 0.786. The number of nitrogens with one attached hydrogen (secondary N) is 1. The topological polar surface area (TPSA) is 66.5 Å². The first-order valence-corrected chi connectivity index (χ1v) is 7.05. The molecule has 1 N–H and O–H groups in total. The van der Waals surface area contributed by atoms with E-state index in [2.05, 4.69) is 19.2 Å². The van der Waals surface area contributed by atoms with Gasteiger partial charge in [-0.2, -0.15) is 0 Å². The van der Waals surface area contributed by atoms with Gasteiger partial charge in [0.05, 0.1) is 0 Å². The summed E-state index contributed by atoms with van der Waals surface area (Å²) in [4.78, 5) is 37.9. The van der Waals surface area contributed by atoms with E-state index in [9.17, 15) is 14.4 Å². The number of urea groups is 1. The monoisotopic (exact) mass is 264 g/mol. The molecule has 0 aromatic rings. The summed E-state index contributed by atoms with van der Waals surface area (Å²) in [5, 5.41) is 2.38. The third-order valence-electron chi connectivity index (χ3n) is 5.02. The van der Waals surface area contributed by atoms with Crippen LogP contribution in [0.3, 0.4) is 0 Å². The van der Waals surface area contributed by atoms with Crippen LogP contribution < -0.4 is 5.32 Å². The molecule has 0 aromatic heterocycles. The van der Waals surface area contributed by atoms with E-state index in [1.54, 1.807) is 0 Å². The van der Waals surface area contributed by atoms with E-state index in [1.165, 1.54) is 4.90 Å². The summed E-state index contributed by atoms with van der Waals surface area (Å²) >= 11 is 0. The Morgan fingerprint density at radius 1 is 1.16 bits per heavy atom.